The number of anilines is 2. The molecule has 204 valence electrons. The lowest BCUT2D eigenvalue weighted by Crippen LogP contribution is -2.52. The molecule has 1 atom stereocenters. The summed E-state index contributed by atoms with van der Waals surface area (Å²) in [6, 6.07) is 5.92. The van der Waals surface area contributed by atoms with Gasteiger partial charge < -0.3 is 30.3 Å². The molecule has 4 amide bonds. The van der Waals surface area contributed by atoms with Gasteiger partial charge in [-0.25, -0.2) is 0 Å². The van der Waals surface area contributed by atoms with Crippen LogP contribution in [0.4, 0.5) is 20.2 Å². The van der Waals surface area contributed by atoms with Gasteiger partial charge in [0.2, 0.25) is 11.8 Å². The van der Waals surface area contributed by atoms with Crippen molar-refractivity contribution >= 4 is 57.9 Å². The number of nitrogens with one attached hydrogen (secondary N) is 3. The summed E-state index contributed by atoms with van der Waals surface area (Å²) in [5.41, 5.74) is 0.197. The number of alkyl halides is 2. The average Bonchev–Trinajstić information content (AvgIpc) is 3.27. The Morgan fingerprint density at radius 2 is 2.00 bits per heavy atom. The third-order valence-electron chi connectivity index (χ3n) is 6.09. The lowest BCUT2D eigenvalue weighted by Gasteiger charge is -2.29. The fourth-order valence-corrected chi connectivity index (χ4v) is 4.85. The molecule has 1 saturated carbocycles. The largest absolute Gasteiger partial charge is 0.433 e. The van der Waals surface area contributed by atoms with Crippen molar-refractivity contribution in [2.24, 2.45) is 5.92 Å². The van der Waals surface area contributed by atoms with Crippen LogP contribution in [0.15, 0.2) is 30.3 Å². The van der Waals surface area contributed by atoms with E-state index in [9.17, 15) is 28.0 Å². The summed E-state index contributed by atoms with van der Waals surface area (Å²) in [5, 5.41) is 7.84. The summed E-state index contributed by atoms with van der Waals surface area (Å²) >= 11 is 6.94. The smallest absolute Gasteiger partial charge is 0.387 e. The number of rotatable bonds is 10. The van der Waals surface area contributed by atoms with Gasteiger partial charge in [-0.2, -0.15) is 8.78 Å². The highest BCUT2D eigenvalue weighted by Crippen LogP contribution is 2.34. The standard InChI is InChI=1S/C24H25ClF2N4O6S/c25-19-7-6-18(38-19)23(35)28-11-15(30-21(33)13-2-1-3-13)22(34)29-14-4-5-16(17(10-14)37-24(26)27)31-8-9-36-12-20(31)32/h4-7,10,13,15,24H,1-3,8-9,11-12H2,(H,28,35)(H,29,34)(H,30,33)/t15-/m1/s1. The number of carbonyl (C=O) groups is 4. The minimum absolute atomic E-state index is 0.0920. The number of amides is 4. The molecule has 4 rings (SSSR count). The van der Waals surface area contributed by atoms with Crippen LogP contribution in [-0.4, -0.2) is 62.6 Å². The van der Waals surface area contributed by atoms with Crippen LogP contribution in [0, 0.1) is 5.92 Å². The third-order valence-corrected chi connectivity index (χ3v) is 7.32. The lowest BCUT2D eigenvalue weighted by molar-refractivity contribution is -0.131. The number of ether oxygens (including phenoxy) is 2. The van der Waals surface area contributed by atoms with Crippen molar-refractivity contribution < 1.29 is 37.4 Å². The SMILES string of the molecule is O=C(NC[C@@H](NC(=O)C1CCC1)C(=O)Nc1ccc(N2CCOCC2=O)c(OC(F)F)c1)c1ccc(Cl)s1. The minimum Gasteiger partial charge on any atom is -0.433 e. The highest BCUT2D eigenvalue weighted by atomic mass is 35.5. The maximum Gasteiger partial charge on any atom is 0.387 e. The molecule has 1 aliphatic heterocycles. The Hall–Kier alpha value is -3.29. The van der Waals surface area contributed by atoms with E-state index >= 15 is 0 Å². The summed E-state index contributed by atoms with van der Waals surface area (Å²) in [6.45, 7) is -3.22. The maximum atomic E-state index is 13.1. The van der Waals surface area contributed by atoms with E-state index in [0.717, 1.165) is 17.8 Å². The predicted octanol–water partition coefficient (Wildman–Crippen LogP) is 3.02. The van der Waals surface area contributed by atoms with Crippen LogP contribution >= 0.6 is 22.9 Å². The van der Waals surface area contributed by atoms with Crippen LogP contribution in [0.2, 0.25) is 4.34 Å². The number of morpholine rings is 1. The summed E-state index contributed by atoms with van der Waals surface area (Å²) in [5.74, 6) is -2.41. The molecule has 1 aromatic heterocycles. The minimum atomic E-state index is -3.17. The van der Waals surface area contributed by atoms with E-state index in [0.29, 0.717) is 22.1 Å². The number of nitrogens with zero attached hydrogens (tertiary/aromatic N) is 1. The van der Waals surface area contributed by atoms with Crippen molar-refractivity contribution in [3.8, 4) is 5.75 Å². The first kappa shape index (κ1) is 27.7. The van der Waals surface area contributed by atoms with Crippen LogP contribution in [0.1, 0.15) is 28.9 Å². The molecular weight excluding hydrogens is 546 g/mol. The van der Waals surface area contributed by atoms with Gasteiger partial charge in [0.1, 0.15) is 12.6 Å². The van der Waals surface area contributed by atoms with Gasteiger partial charge in [0.15, 0.2) is 5.75 Å². The lowest BCUT2D eigenvalue weighted by atomic mass is 9.84. The average molecular weight is 571 g/mol. The zero-order valence-electron chi connectivity index (χ0n) is 20.0. The Bertz CT molecular complexity index is 1210. The van der Waals surface area contributed by atoms with E-state index in [1.54, 1.807) is 6.07 Å². The van der Waals surface area contributed by atoms with Crippen molar-refractivity contribution in [2.75, 3.05) is 36.5 Å². The zero-order valence-corrected chi connectivity index (χ0v) is 21.6. The second-order valence-electron chi connectivity index (χ2n) is 8.65. The normalized spacial score (nSPS) is 16.5. The molecule has 10 nitrogen and oxygen atoms in total. The van der Waals surface area contributed by atoms with Crippen molar-refractivity contribution in [3.05, 3.63) is 39.5 Å². The molecule has 1 saturated heterocycles. The molecule has 38 heavy (non-hydrogen) atoms. The van der Waals surface area contributed by atoms with E-state index in [-0.39, 0.29) is 55.3 Å². The van der Waals surface area contributed by atoms with Crippen molar-refractivity contribution in [3.63, 3.8) is 0 Å². The van der Waals surface area contributed by atoms with E-state index in [1.807, 2.05) is 0 Å². The topological polar surface area (TPSA) is 126 Å². The molecule has 2 aromatic rings. The van der Waals surface area contributed by atoms with Gasteiger partial charge in [-0.05, 0) is 37.1 Å². The summed E-state index contributed by atoms with van der Waals surface area (Å²) in [4.78, 5) is 52.0. The van der Waals surface area contributed by atoms with Crippen LogP contribution in [0.25, 0.3) is 0 Å². The van der Waals surface area contributed by atoms with Crippen LogP contribution in [0.3, 0.4) is 0 Å². The van der Waals surface area contributed by atoms with Crippen molar-refractivity contribution in [1.29, 1.82) is 0 Å². The second kappa shape index (κ2) is 12.5. The summed E-state index contributed by atoms with van der Waals surface area (Å²) < 4.78 is 36.4. The number of halogens is 3. The highest BCUT2D eigenvalue weighted by molar-refractivity contribution is 7.18. The molecule has 1 aromatic carbocycles. The number of hydrogen-bond acceptors (Lipinski definition) is 7. The number of benzene rings is 1. The first-order valence-corrected chi connectivity index (χ1v) is 13.0. The number of thiophene rings is 1. The summed E-state index contributed by atoms with van der Waals surface area (Å²) in [6.07, 6.45) is 2.32. The second-order valence-corrected chi connectivity index (χ2v) is 10.4. The van der Waals surface area contributed by atoms with Gasteiger partial charge in [-0.15, -0.1) is 11.3 Å². The predicted molar refractivity (Wildman–Crippen MR) is 136 cm³/mol. The molecule has 2 heterocycles. The van der Waals surface area contributed by atoms with Gasteiger partial charge in [-0.1, -0.05) is 18.0 Å². The van der Waals surface area contributed by atoms with E-state index in [1.165, 1.54) is 29.2 Å². The molecule has 2 aliphatic rings. The molecule has 3 N–H and O–H groups in total. The first-order valence-electron chi connectivity index (χ1n) is 11.8. The van der Waals surface area contributed by atoms with E-state index < -0.39 is 30.4 Å². The zero-order chi connectivity index (χ0) is 27.2. The fourth-order valence-electron chi connectivity index (χ4n) is 3.89. The van der Waals surface area contributed by atoms with Gasteiger partial charge in [0, 0.05) is 30.8 Å². The van der Waals surface area contributed by atoms with E-state index in [4.69, 9.17) is 16.3 Å². The van der Waals surface area contributed by atoms with Crippen LogP contribution in [-0.2, 0) is 19.1 Å². The molecule has 14 heteroatoms. The Morgan fingerprint density at radius 3 is 2.63 bits per heavy atom. The Balaban J connectivity index is 1.49. The van der Waals surface area contributed by atoms with Crippen molar-refractivity contribution in [2.45, 2.75) is 31.9 Å². The van der Waals surface area contributed by atoms with Gasteiger partial charge in [0.25, 0.3) is 11.8 Å². The number of carbonyl (C=O) groups excluding carboxylic acids is 4. The van der Waals surface area contributed by atoms with Crippen LogP contribution < -0.4 is 25.6 Å². The van der Waals surface area contributed by atoms with Gasteiger partial charge in [-0.3, -0.25) is 19.2 Å². The highest BCUT2D eigenvalue weighted by Gasteiger charge is 2.30. The fraction of sp³-hybridized carbons (Fsp3) is 0.417. The molecule has 2 fully saturated rings. The molecule has 0 unspecified atom stereocenters. The molecule has 1 aliphatic carbocycles. The van der Waals surface area contributed by atoms with Crippen LogP contribution in [0.5, 0.6) is 5.75 Å². The molecule has 0 bridgehead atoms. The third kappa shape index (κ3) is 6.97. The Kier molecular flexibility index (Phi) is 9.13. The number of hydrogen-bond donors (Lipinski definition) is 3. The maximum absolute atomic E-state index is 13.1. The first-order chi connectivity index (χ1) is 18.2. The molecular formula is C24H25ClF2N4O6S. The molecule has 0 spiro atoms. The Labute approximate surface area is 225 Å². The monoisotopic (exact) mass is 570 g/mol. The van der Waals surface area contributed by atoms with Crippen molar-refractivity contribution in [1.82, 2.24) is 10.6 Å². The quantitative estimate of drug-likeness (QED) is 0.403. The Morgan fingerprint density at radius 1 is 1.21 bits per heavy atom. The van der Waals surface area contributed by atoms with Gasteiger partial charge >= 0.3 is 6.61 Å². The summed E-state index contributed by atoms with van der Waals surface area (Å²) in [7, 11) is 0. The molecule has 0 radical (unpaired) electrons. The van der Waals surface area contributed by atoms with Gasteiger partial charge in [0.05, 0.1) is 21.5 Å². The van der Waals surface area contributed by atoms with E-state index in [2.05, 4.69) is 20.7 Å².